The summed E-state index contributed by atoms with van der Waals surface area (Å²) in [6, 6.07) is 9.46. The smallest absolute Gasteiger partial charge is 0.150 e. The molecule has 0 bridgehead atoms. The van der Waals surface area contributed by atoms with E-state index in [1.165, 1.54) is 12.8 Å². The van der Waals surface area contributed by atoms with Crippen LogP contribution in [-0.4, -0.2) is 32.6 Å². The molecule has 0 aromatic heterocycles. The van der Waals surface area contributed by atoms with Crippen molar-refractivity contribution in [3.05, 3.63) is 35.9 Å². The van der Waals surface area contributed by atoms with Gasteiger partial charge in [0.25, 0.3) is 0 Å². The van der Waals surface area contributed by atoms with Crippen molar-refractivity contribution in [3.8, 4) is 0 Å². The van der Waals surface area contributed by atoms with E-state index in [4.69, 9.17) is 4.74 Å². The molecule has 24 heavy (non-hydrogen) atoms. The molecule has 3 rings (SSSR count). The predicted molar refractivity (Wildman–Crippen MR) is 98.9 cm³/mol. The third kappa shape index (κ3) is 3.14. The molecule has 1 aromatic carbocycles. The Bertz CT molecular complexity index is 559. The SMILES string of the molecule is C[C@@H]1CC[C@@H]2[C@@H](C1)O[C@@H]([C@](O)(c1ccccc1)[C@@H](C)O)SC2(C)C. The zero-order chi connectivity index (χ0) is 17.5. The van der Waals surface area contributed by atoms with Crippen molar-refractivity contribution in [2.24, 2.45) is 11.8 Å². The van der Waals surface area contributed by atoms with Gasteiger partial charge < -0.3 is 14.9 Å². The molecule has 0 radical (unpaired) electrons. The Labute approximate surface area is 149 Å². The van der Waals surface area contributed by atoms with Crippen molar-refractivity contribution >= 4 is 11.8 Å². The second kappa shape index (κ2) is 6.64. The molecule has 1 saturated heterocycles. The van der Waals surface area contributed by atoms with E-state index in [9.17, 15) is 10.2 Å². The Morgan fingerprint density at radius 3 is 2.54 bits per heavy atom. The van der Waals surface area contributed by atoms with Gasteiger partial charge in [-0.1, -0.05) is 57.5 Å². The number of fused-ring (bicyclic) bond motifs is 1. The zero-order valence-electron chi connectivity index (χ0n) is 15.1. The summed E-state index contributed by atoms with van der Waals surface area (Å²) in [4.78, 5) is 0. The molecule has 1 heterocycles. The maximum absolute atomic E-state index is 11.5. The van der Waals surface area contributed by atoms with Gasteiger partial charge in [-0.05, 0) is 37.2 Å². The predicted octanol–water partition coefficient (Wildman–Crippen LogP) is 3.93. The van der Waals surface area contributed by atoms with Gasteiger partial charge in [0.2, 0.25) is 0 Å². The molecule has 2 N–H and O–H groups in total. The van der Waals surface area contributed by atoms with E-state index in [-0.39, 0.29) is 10.9 Å². The number of hydrogen-bond acceptors (Lipinski definition) is 4. The summed E-state index contributed by atoms with van der Waals surface area (Å²) in [6.07, 6.45) is 2.71. The van der Waals surface area contributed by atoms with Crippen LogP contribution in [0.2, 0.25) is 0 Å². The average Bonchev–Trinajstić information content (AvgIpc) is 2.53. The molecule has 0 spiro atoms. The lowest BCUT2D eigenvalue weighted by Crippen LogP contribution is -2.57. The van der Waals surface area contributed by atoms with Crippen molar-refractivity contribution in [1.29, 1.82) is 0 Å². The molecule has 4 heteroatoms. The minimum Gasteiger partial charge on any atom is -0.390 e. The number of hydrogen-bond donors (Lipinski definition) is 2. The molecule has 3 nitrogen and oxygen atoms in total. The average molecular weight is 351 g/mol. The molecular weight excluding hydrogens is 320 g/mol. The molecule has 0 amide bonds. The van der Waals surface area contributed by atoms with E-state index in [0.717, 1.165) is 12.0 Å². The fourth-order valence-electron chi connectivity index (χ4n) is 4.30. The number of benzene rings is 1. The summed E-state index contributed by atoms with van der Waals surface area (Å²) in [5.41, 5.74) is -1.16. The van der Waals surface area contributed by atoms with Crippen molar-refractivity contribution in [1.82, 2.24) is 0 Å². The summed E-state index contributed by atoms with van der Waals surface area (Å²) in [7, 11) is 0. The first kappa shape index (κ1) is 18.2. The highest BCUT2D eigenvalue weighted by atomic mass is 32.2. The first-order valence-corrected chi connectivity index (χ1v) is 9.92. The summed E-state index contributed by atoms with van der Waals surface area (Å²) in [5.74, 6) is 1.16. The minimum atomic E-state index is -1.41. The van der Waals surface area contributed by atoms with Crippen LogP contribution in [0.3, 0.4) is 0 Å². The number of aliphatic hydroxyl groups is 2. The molecule has 1 saturated carbocycles. The molecule has 134 valence electrons. The maximum Gasteiger partial charge on any atom is 0.150 e. The molecule has 1 aliphatic heterocycles. The van der Waals surface area contributed by atoms with Crippen LogP contribution in [0.25, 0.3) is 0 Å². The van der Waals surface area contributed by atoms with Gasteiger partial charge in [-0.15, -0.1) is 11.8 Å². The minimum absolute atomic E-state index is 0.0192. The first-order chi connectivity index (χ1) is 11.2. The van der Waals surface area contributed by atoms with E-state index in [1.807, 2.05) is 30.3 Å². The van der Waals surface area contributed by atoms with Gasteiger partial charge >= 0.3 is 0 Å². The first-order valence-electron chi connectivity index (χ1n) is 9.04. The molecule has 2 aliphatic rings. The Balaban J connectivity index is 1.94. The van der Waals surface area contributed by atoms with Crippen LogP contribution in [0.15, 0.2) is 30.3 Å². The summed E-state index contributed by atoms with van der Waals surface area (Å²) in [6.45, 7) is 8.45. The summed E-state index contributed by atoms with van der Waals surface area (Å²) < 4.78 is 6.45. The number of thioether (sulfide) groups is 1. The Morgan fingerprint density at radius 1 is 1.25 bits per heavy atom. The van der Waals surface area contributed by atoms with Gasteiger partial charge in [0, 0.05) is 4.75 Å². The van der Waals surface area contributed by atoms with Gasteiger partial charge in [-0.3, -0.25) is 0 Å². The van der Waals surface area contributed by atoms with Crippen LogP contribution < -0.4 is 0 Å². The fraction of sp³-hybridized carbons (Fsp3) is 0.700. The summed E-state index contributed by atoms with van der Waals surface area (Å²) in [5, 5.41) is 21.9. The highest BCUT2D eigenvalue weighted by molar-refractivity contribution is 8.01. The van der Waals surface area contributed by atoms with Gasteiger partial charge in [-0.2, -0.15) is 0 Å². The third-order valence-corrected chi connectivity index (χ3v) is 7.48. The van der Waals surface area contributed by atoms with Gasteiger partial charge in [-0.25, -0.2) is 0 Å². The molecule has 1 aliphatic carbocycles. The third-order valence-electron chi connectivity index (χ3n) is 5.89. The summed E-state index contributed by atoms with van der Waals surface area (Å²) >= 11 is 1.67. The van der Waals surface area contributed by atoms with Crippen molar-refractivity contribution in [2.45, 2.75) is 74.9 Å². The van der Waals surface area contributed by atoms with Crippen LogP contribution >= 0.6 is 11.8 Å². The van der Waals surface area contributed by atoms with Crippen LogP contribution in [0.1, 0.15) is 52.5 Å². The lowest BCUT2D eigenvalue weighted by Gasteiger charge is -2.53. The second-order valence-electron chi connectivity index (χ2n) is 8.12. The zero-order valence-corrected chi connectivity index (χ0v) is 15.9. The van der Waals surface area contributed by atoms with Crippen LogP contribution in [0.4, 0.5) is 0 Å². The topological polar surface area (TPSA) is 49.7 Å². The Morgan fingerprint density at radius 2 is 1.92 bits per heavy atom. The lowest BCUT2D eigenvalue weighted by atomic mass is 9.74. The van der Waals surface area contributed by atoms with E-state index in [2.05, 4.69) is 20.8 Å². The van der Waals surface area contributed by atoms with Crippen molar-refractivity contribution in [2.75, 3.05) is 0 Å². The van der Waals surface area contributed by atoms with Crippen LogP contribution in [0.5, 0.6) is 0 Å². The van der Waals surface area contributed by atoms with E-state index in [1.54, 1.807) is 18.7 Å². The van der Waals surface area contributed by atoms with Gasteiger partial charge in [0.1, 0.15) is 5.44 Å². The number of ether oxygens (including phenoxy) is 1. The number of rotatable bonds is 3. The fourth-order valence-corrected chi connectivity index (χ4v) is 6.00. The normalized spacial score (nSPS) is 36.4. The lowest BCUT2D eigenvalue weighted by molar-refractivity contribution is -0.173. The largest absolute Gasteiger partial charge is 0.390 e. The highest BCUT2D eigenvalue weighted by Gasteiger charge is 2.54. The quantitative estimate of drug-likeness (QED) is 0.867. The van der Waals surface area contributed by atoms with Gasteiger partial charge in [0.15, 0.2) is 5.60 Å². The van der Waals surface area contributed by atoms with E-state index < -0.39 is 17.1 Å². The standard InChI is InChI=1S/C20H30O3S/c1-13-10-11-16-17(12-13)23-18(24-19(16,3)4)20(22,14(2)21)15-8-6-5-7-9-15/h5-9,13-14,16-18,21-22H,10-12H2,1-4H3/t13-,14-,16-,17-,18-,20-/m1/s1. The number of aliphatic hydroxyl groups excluding tert-OH is 1. The van der Waals surface area contributed by atoms with Gasteiger partial charge in [0.05, 0.1) is 12.2 Å². The molecular formula is C20H30O3S. The molecule has 1 aromatic rings. The molecule has 2 fully saturated rings. The van der Waals surface area contributed by atoms with E-state index in [0.29, 0.717) is 11.8 Å². The Hall–Kier alpha value is -0.550. The monoisotopic (exact) mass is 350 g/mol. The van der Waals surface area contributed by atoms with Crippen molar-refractivity contribution in [3.63, 3.8) is 0 Å². The Kier molecular flexibility index (Phi) is 5.05. The van der Waals surface area contributed by atoms with E-state index >= 15 is 0 Å². The molecule has 0 unspecified atom stereocenters. The van der Waals surface area contributed by atoms with Crippen molar-refractivity contribution < 1.29 is 14.9 Å². The molecule has 6 atom stereocenters. The second-order valence-corrected chi connectivity index (χ2v) is 9.84. The highest BCUT2D eigenvalue weighted by Crippen LogP contribution is 2.54. The van der Waals surface area contributed by atoms with Crippen LogP contribution in [0, 0.1) is 11.8 Å². The maximum atomic E-state index is 11.5. The van der Waals surface area contributed by atoms with Crippen LogP contribution in [-0.2, 0) is 10.3 Å².